The van der Waals surface area contributed by atoms with E-state index in [0.717, 1.165) is 0 Å². The van der Waals surface area contributed by atoms with Crippen molar-refractivity contribution in [1.29, 1.82) is 0 Å². The number of sulfonamides is 1. The van der Waals surface area contributed by atoms with Crippen LogP contribution in [0.15, 0.2) is 17.2 Å². The Morgan fingerprint density at radius 2 is 2.08 bits per heavy atom. The van der Waals surface area contributed by atoms with E-state index >= 15 is 0 Å². The van der Waals surface area contributed by atoms with Gasteiger partial charge in [0.25, 0.3) is 10.0 Å². The van der Waals surface area contributed by atoms with Crippen molar-refractivity contribution in [2.24, 2.45) is 5.14 Å². The zero-order valence-corrected chi connectivity index (χ0v) is 7.85. The Hall–Kier alpha value is -0.650. The van der Waals surface area contributed by atoms with Gasteiger partial charge >= 0.3 is 0 Å². The predicted molar refractivity (Wildman–Crippen MR) is 45.4 cm³/mol. The summed E-state index contributed by atoms with van der Waals surface area (Å²) < 4.78 is 21.6. The molecule has 66 valence electrons. The number of primary sulfonamides is 1. The molecule has 1 heterocycles. The first-order valence-electron chi connectivity index (χ1n) is 3.06. The van der Waals surface area contributed by atoms with E-state index in [1.54, 1.807) is 13.0 Å². The van der Waals surface area contributed by atoms with Gasteiger partial charge in [0, 0.05) is 0 Å². The van der Waals surface area contributed by atoms with Crippen LogP contribution >= 0.6 is 11.6 Å². The van der Waals surface area contributed by atoms with Crippen LogP contribution in [0.25, 0.3) is 0 Å². The van der Waals surface area contributed by atoms with Gasteiger partial charge in [0.1, 0.15) is 5.15 Å². The van der Waals surface area contributed by atoms with Crippen molar-refractivity contribution in [1.82, 2.24) is 4.98 Å². The third-order valence-electron chi connectivity index (χ3n) is 1.21. The van der Waals surface area contributed by atoms with Crippen LogP contribution in [0.4, 0.5) is 0 Å². The van der Waals surface area contributed by atoms with Gasteiger partial charge in [-0.05, 0) is 24.6 Å². The average Bonchev–Trinajstić information content (AvgIpc) is 1.82. The van der Waals surface area contributed by atoms with E-state index in [0.29, 0.717) is 5.56 Å². The van der Waals surface area contributed by atoms with E-state index < -0.39 is 10.0 Å². The minimum Gasteiger partial charge on any atom is -0.223 e. The molecule has 0 radical (unpaired) electrons. The number of nitrogens with two attached hydrogens (primary N) is 1. The summed E-state index contributed by atoms with van der Waals surface area (Å²) in [5, 5.41) is 4.77. The van der Waals surface area contributed by atoms with Crippen LogP contribution < -0.4 is 5.14 Å². The van der Waals surface area contributed by atoms with E-state index in [9.17, 15) is 8.42 Å². The molecule has 0 atom stereocenters. The lowest BCUT2D eigenvalue weighted by atomic mass is 10.3. The molecule has 0 saturated heterocycles. The summed E-state index contributed by atoms with van der Waals surface area (Å²) in [6.07, 6.45) is 0. The lowest BCUT2D eigenvalue weighted by Gasteiger charge is -1.99. The fourth-order valence-electron chi connectivity index (χ4n) is 0.740. The monoisotopic (exact) mass is 206 g/mol. The first kappa shape index (κ1) is 9.44. The van der Waals surface area contributed by atoms with Crippen LogP contribution in [0.5, 0.6) is 0 Å². The highest BCUT2D eigenvalue weighted by Gasteiger charge is 2.10. The second-order valence-corrected chi connectivity index (χ2v) is 4.25. The first-order chi connectivity index (χ1) is 5.39. The van der Waals surface area contributed by atoms with E-state index in [1.165, 1.54) is 6.07 Å². The average molecular weight is 207 g/mol. The van der Waals surface area contributed by atoms with Gasteiger partial charge in [0.2, 0.25) is 0 Å². The van der Waals surface area contributed by atoms with Gasteiger partial charge in [-0.3, -0.25) is 0 Å². The zero-order chi connectivity index (χ0) is 9.35. The molecule has 1 aromatic heterocycles. The highest BCUT2D eigenvalue weighted by Crippen LogP contribution is 2.12. The van der Waals surface area contributed by atoms with Crippen LogP contribution in [0.2, 0.25) is 5.15 Å². The molecular weight excluding hydrogens is 200 g/mol. The Bertz CT molecular complexity index is 382. The smallest absolute Gasteiger partial charge is 0.223 e. The van der Waals surface area contributed by atoms with E-state index in [1.807, 2.05) is 0 Å². The minimum absolute atomic E-state index is 0.124. The van der Waals surface area contributed by atoms with Gasteiger partial charge in [-0.15, -0.1) is 0 Å². The van der Waals surface area contributed by atoms with Gasteiger partial charge in [-0.1, -0.05) is 11.6 Å². The summed E-state index contributed by atoms with van der Waals surface area (Å²) in [5.74, 6) is 0. The van der Waals surface area contributed by atoms with Gasteiger partial charge in [0.05, 0.1) is 0 Å². The Balaban J connectivity index is 3.37. The summed E-state index contributed by atoms with van der Waals surface area (Å²) in [5.41, 5.74) is 0.707. The summed E-state index contributed by atoms with van der Waals surface area (Å²) in [7, 11) is -3.74. The Labute approximate surface area is 75.4 Å². The van der Waals surface area contributed by atoms with Crippen molar-refractivity contribution in [2.45, 2.75) is 11.9 Å². The molecule has 0 aliphatic rings. The highest BCUT2D eigenvalue weighted by molar-refractivity contribution is 7.89. The largest absolute Gasteiger partial charge is 0.255 e. The van der Waals surface area contributed by atoms with Crippen LogP contribution in [-0.4, -0.2) is 13.4 Å². The number of rotatable bonds is 1. The third kappa shape index (κ3) is 2.17. The van der Waals surface area contributed by atoms with Crippen LogP contribution in [0.3, 0.4) is 0 Å². The molecule has 0 unspecified atom stereocenters. The molecule has 0 bridgehead atoms. The van der Waals surface area contributed by atoms with Crippen molar-refractivity contribution in [3.05, 3.63) is 22.8 Å². The second-order valence-electron chi connectivity index (χ2n) is 2.35. The van der Waals surface area contributed by atoms with Gasteiger partial charge in [-0.25, -0.2) is 18.5 Å². The second kappa shape index (κ2) is 3.01. The topological polar surface area (TPSA) is 73.0 Å². The number of hydrogen-bond donors (Lipinski definition) is 1. The summed E-state index contributed by atoms with van der Waals surface area (Å²) >= 11 is 5.53. The van der Waals surface area contributed by atoms with Gasteiger partial charge < -0.3 is 0 Å². The quantitative estimate of drug-likeness (QED) is 0.688. The normalized spacial score (nSPS) is 11.6. The molecule has 0 amide bonds. The number of nitrogens with zero attached hydrogens (tertiary/aromatic N) is 1. The van der Waals surface area contributed by atoms with Crippen molar-refractivity contribution in [3.63, 3.8) is 0 Å². The molecule has 12 heavy (non-hydrogen) atoms. The molecule has 0 fully saturated rings. The fraction of sp³-hybridized carbons (Fsp3) is 0.167. The molecule has 0 spiro atoms. The Kier molecular flexibility index (Phi) is 2.36. The molecule has 0 aliphatic carbocycles. The van der Waals surface area contributed by atoms with Crippen LogP contribution in [-0.2, 0) is 10.0 Å². The highest BCUT2D eigenvalue weighted by atomic mass is 35.5. The number of aromatic nitrogens is 1. The lowest BCUT2D eigenvalue weighted by Crippen LogP contribution is -2.14. The van der Waals surface area contributed by atoms with Crippen molar-refractivity contribution in [3.8, 4) is 0 Å². The third-order valence-corrected chi connectivity index (χ3v) is 2.19. The maximum absolute atomic E-state index is 10.8. The zero-order valence-electron chi connectivity index (χ0n) is 6.28. The van der Waals surface area contributed by atoms with Crippen molar-refractivity contribution in [2.75, 3.05) is 0 Å². The molecule has 0 aromatic carbocycles. The molecule has 1 aromatic rings. The van der Waals surface area contributed by atoms with E-state index in [4.69, 9.17) is 16.7 Å². The summed E-state index contributed by atoms with van der Waals surface area (Å²) in [4.78, 5) is 3.56. The van der Waals surface area contributed by atoms with Crippen molar-refractivity contribution < 1.29 is 8.42 Å². The predicted octanol–water partition coefficient (Wildman–Crippen LogP) is 0.691. The van der Waals surface area contributed by atoms with E-state index in [-0.39, 0.29) is 10.2 Å². The fourth-order valence-corrected chi connectivity index (χ4v) is 1.63. The van der Waals surface area contributed by atoms with E-state index in [2.05, 4.69) is 4.98 Å². The maximum atomic E-state index is 10.8. The molecule has 1 rings (SSSR count). The van der Waals surface area contributed by atoms with Gasteiger partial charge in [0.15, 0.2) is 5.03 Å². The first-order valence-corrected chi connectivity index (χ1v) is 4.99. The number of hydrogen-bond acceptors (Lipinski definition) is 3. The lowest BCUT2D eigenvalue weighted by molar-refractivity contribution is 0.594. The molecule has 0 saturated carbocycles. The SMILES string of the molecule is Cc1cc(Cl)nc(S(N)(=O)=O)c1. The number of halogens is 1. The van der Waals surface area contributed by atoms with Gasteiger partial charge in [-0.2, -0.15) is 0 Å². The van der Waals surface area contributed by atoms with Crippen LogP contribution in [0, 0.1) is 6.92 Å². The molecule has 6 heteroatoms. The molecular formula is C6H7ClN2O2S. The van der Waals surface area contributed by atoms with Crippen molar-refractivity contribution >= 4 is 21.6 Å². The molecule has 2 N–H and O–H groups in total. The Morgan fingerprint density at radius 1 is 1.50 bits per heavy atom. The maximum Gasteiger partial charge on any atom is 0.255 e. The summed E-state index contributed by atoms with van der Waals surface area (Å²) in [6.45, 7) is 1.71. The molecule has 4 nitrogen and oxygen atoms in total. The Morgan fingerprint density at radius 3 is 2.50 bits per heavy atom. The number of pyridine rings is 1. The summed E-state index contributed by atoms with van der Waals surface area (Å²) in [6, 6.07) is 2.91. The van der Waals surface area contributed by atoms with Crippen LogP contribution in [0.1, 0.15) is 5.56 Å². The standard InChI is InChI=1S/C6H7ClN2O2S/c1-4-2-5(7)9-6(3-4)12(8,10)11/h2-3H,1H3,(H2,8,10,11). The number of aryl methyl sites for hydroxylation is 1. The minimum atomic E-state index is -3.74. The molecule has 0 aliphatic heterocycles.